The first-order valence-corrected chi connectivity index (χ1v) is 8.63. The summed E-state index contributed by atoms with van der Waals surface area (Å²) in [4.78, 5) is 16.7. The molecule has 0 saturated heterocycles. The SMILES string of the molecule is Cc1cccc(OCC(=O)Nc2cccc(-c3nc4ccccc4o3)c2)c1. The van der Waals surface area contributed by atoms with Gasteiger partial charge in [0.1, 0.15) is 11.3 Å². The Morgan fingerprint density at radius 2 is 1.89 bits per heavy atom. The first-order chi connectivity index (χ1) is 13.2. The Labute approximate surface area is 156 Å². The van der Waals surface area contributed by atoms with Crippen molar-refractivity contribution in [3.8, 4) is 17.2 Å². The van der Waals surface area contributed by atoms with Crippen LogP contribution in [0.2, 0.25) is 0 Å². The van der Waals surface area contributed by atoms with Crippen LogP contribution in [0.3, 0.4) is 0 Å². The van der Waals surface area contributed by atoms with Gasteiger partial charge in [-0.05, 0) is 55.0 Å². The average Bonchev–Trinajstić information content (AvgIpc) is 3.11. The number of carbonyl (C=O) groups is 1. The summed E-state index contributed by atoms with van der Waals surface area (Å²) in [6, 6.07) is 22.6. The van der Waals surface area contributed by atoms with E-state index in [0.717, 1.165) is 22.2 Å². The van der Waals surface area contributed by atoms with E-state index in [-0.39, 0.29) is 12.5 Å². The summed E-state index contributed by atoms with van der Waals surface area (Å²) in [7, 11) is 0. The van der Waals surface area contributed by atoms with Gasteiger partial charge in [-0.25, -0.2) is 4.98 Å². The summed E-state index contributed by atoms with van der Waals surface area (Å²) in [5.41, 5.74) is 4.07. The predicted octanol–water partition coefficient (Wildman–Crippen LogP) is 4.82. The molecule has 0 aliphatic heterocycles. The van der Waals surface area contributed by atoms with E-state index < -0.39 is 0 Å². The molecular formula is C22H18N2O3. The first kappa shape index (κ1) is 16.8. The predicted molar refractivity (Wildman–Crippen MR) is 105 cm³/mol. The number of aryl methyl sites for hydroxylation is 1. The number of carbonyl (C=O) groups excluding carboxylic acids is 1. The molecule has 134 valence electrons. The average molecular weight is 358 g/mol. The van der Waals surface area contributed by atoms with Crippen LogP contribution >= 0.6 is 0 Å². The van der Waals surface area contributed by atoms with Crippen molar-refractivity contribution in [2.24, 2.45) is 0 Å². The largest absolute Gasteiger partial charge is 0.484 e. The van der Waals surface area contributed by atoms with Crippen molar-refractivity contribution in [1.29, 1.82) is 0 Å². The van der Waals surface area contributed by atoms with Gasteiger partial charge >= 0.3 is 0 Å². The van der Waals surface area contributed by atoms with Crippen molar-refractivity contribution < 1.29 is 13.9 Å². The van der Waals surface area contributed by atoms with Gasteiger partial charge in [0.05, 0.1) is 0 Å². The number of aromatic nitrogens is 1. The fourth-order valence-corrected chi connectivity index (χ4v) is 2.78. The maximum absolute atomic E-state index is 12.2. The van der Waals surface area contributed by atoms with Crippen LogP contribution in [0.1, 0.15) is 5.56 Å². The molecular weight excluding hydrogens is 340 g/mol. The molecule has 0 bridgehead atoms. The van der Waals surface area contributed by atoms with Gasteiger partial charge in [-0.3, -0.25) is 4.79 Å². The van der Waals surface area contributed by atoms with Crippen molar-refractivity contribution >= 4 is 22.7 Å². The summed E-state index contributed by atoms with van der Waals surface area (Å²) < 4.78 is 11.3. The van der Waals surface area contributed by atoms with Crippen LogP contribution in [0.25, 0.3) is 22.6 Å². The van der Waals surface area contributed by atoms with Gasteiger partial charge in [-0.1, -0.05) is 30.3 Å². The quantitative estimate of drug-likeness (QED) is 0.555. The number of nitrogens with zero attached hydrogens (tertiary/aromatic N) is 1. The Morgan fingerprint density at radius 3 is 2.74 bits per heavy atom. The van der Waals surface area contributed by atoms with Gasteiger partial charge in [0.15, 0.2) is 12.2 Å². The maximum atomic E-state index is 12.2. The van der Waals surface area contributed by atoms with Crippen LogP contribution in [-0.2, 0) is 4.79 Å². The number of oxazole rings is 1. The molecule has 4 rings (SSSR count). The van der Waals surface area contributed by atoms with Crippen LogP contribution in [0.15, 0.2) is 77.2 Å². The second-order valence-corrected chi connectivity index (χ2v) is 6.22. The first-order valence-electron chi connectivity index (χ1n) is 8.63. The third-order valence-electron chi connectivity index (χ3n) is 4.05. The highest BCUT2D eigenvalue weighted by atomic mass is 16.5. The number of para-hydroxylation sites is 2. The van der Waals surface area contributed by atoms with E-state index in [2.05, 4.69) is 10.3 Å². The van der Waals surface area contributed by atoms with Gasteiger partial charge < -0.3 is 14.5 Å². The molecule has 4 aromatic rings. The summed E-state index contributed by atoms with van der Waals surface area (Å²) in [6.07, 6.45) is 0. The Balaban J connectivity index is 1.45. The van der Waals surface area contributed by atoms with E-state index in [1.165, 1.54) is 0 Å². The molecule has 0 unspecified atom stereocenters. The molecule has 27 heavy (non-hydrogen) atoms. The highest BCUT2D eigenvalue weighted by molar-refractivity contribution is 5.92. The lowest BCUT2D eigenvalue weighted by molar-refractivity contribution is -0.118. The van der Waals surface area contributed by atoms with Crippen molar-refractivity contribution in [3.63, 3.8) is 0 Å². The van der Waals surface area contributed by atoms with Gasteiger partial charge in [0.2, 0.25) is 5.89 Å². The molecule has 1 aromatic heterocycles. The standard InChI is InChI=1S/C22H18N2O3/c1-15-6-4-9-18(12-15)26-14-21(25)23-17-8-5-7-16(13-17)22-24-19-10-2-3-11-20(19)27-22/h2-13H,14H2,1H3,(H,23,25). The molecule has 0 radical (unpaired) electrons. The van der Waals surface area contributed by atoms with Crippen LogP contribution in [0.4, 0.5) is 5.69 Å². The number of fused-ring (bicyclic) bond motifs is 1. The minimum Gasteiger partial charge on any atom is -0.484 e. The number of benzene rings is 3. The van der Waals surface area contributed by atoms with E-state index in [1.54, 1.807) is 0 Å². The fraction of sp³-hybridized carbons (Fsp3) is 0.0909. The molecule has 3 aromatic carbocycles. The van der Waals surface area contributed by atoms with Crippen LogP contribution in [-0.4, -0.2) is 17.5 Å². The third kappa shape index (κ3) is 3.98. The summed E-state index contributed by atoms with van der Waals surface area (Å²) in [5.74, 6) is 0.958. The number of ether oxygens (including phenoxy) is 1. The summed E-state index contributed by atoms with van der Waals surface area (Å²) >= 11 is 0. The highest BCUT2D eigenvalue weighted by Crippen LogP contribution is 2.26. The van der Waals surface area contributed by atoms with E-state index in [9.17, 15) is 4.79 Å². The highest BCUT2D eigenvalue weighted by Gasteiger charge is 2.10. The van der Waals surface area contributed by atoms with Crippen LogP contribution in [0, 0.1) is 6.92 Å². The topological polar surface area (TPSA) is 64.4 Å². The minimum absolute atomic E-state index is 0.0590. The molecule has 1 amide bonds. The van der Waals surface area contributed by atoms with Gasteiger partial charge in [0, 0.05) is 11.3 Å². The molecule has 5 nitrogen and oxygen atoms in total. The number of nitrogens with one attached hydrogen (secondary N) is 1. The zero-order valence-electron chi connectivity index (χ0n) is 14.8. The lowest BCUT2D eigenvalue weighted by Crippen LogP contribution is -2.20. The van der Waals surface area contributed by atoms with Crippen molar-refractivity contribution in [3.05, 3.63) is 78.4 Å². The van der Waals surface area contributed by atoms with E-state index in [0.29, 0.717) is 17.3 Å². The zero-order valence-corrected chi connectivity index (χ0v) is 14.8. The van der Waals surface area contributed by atoms with Gasteiger partial charge in [-0.2, -0.15) is 0 Å². The Hall–Kier alpha value is -3.60. The molecule has 1 heterocycles. The molecule has 0 atom stereocenters. The molecule has 0 saturated carbocycles. The molecule has 0 spiro atoms. The molecule has 0 fully saturated rings. The molecule has 5 heteroatoms. The number of hydrogen-bond donors (Lipinski definition) is 1. The van der Waals surface area contributed by atoms with Gasteiger partial charge in [-0.15, -0.1) is 0 Å². The molecule has 0 aliphatic carbocycles. The second-order valence-electron chi connectivity index (χ2n) is 6.22. The number of amides is 1. The Kier molecular flexibility index (Phi) is 4.58. The van der Waals surface area contributed by atoms with Crippen LogP contribution in [0.5, 0.6) is 5.75 Å². The van der Waals surface area contributed by atoms with E-state index >= 15 is 0 Å². The minimum atomic E-state index is -0.230. The summed E-state index contributed by atoms with van der Waals surface area (Å²) in [5, 5.41) is 2.84. The van der Waals surface area contributed by atoms with Crippen molar-refractivity contribution in [2.75, 3.05) is 11.9 Å². The van der Waals surface area contributed by atoms with E-state index in [4.69, 9.17) is 9.15 Å². The third-order valence-corrected chi connectivity index (χ3v) is 4.05. The second kappa shape index (κ2) is 7.33. The van der Waals surface area contributed by atoms with E-state index in [1.807, 2.05) is 79.7 Å². The smallest absolute Gasteiger partial charge is 0.262 e. The normalized spacial score (nSPS) is 10.7. The maximum Gasteiger partial charge on any atom is 0.262 e. The molecule has 0 aliphatic rings. The Morgan fingerprint density at radius 1 is 1.04 bits per heavy atom. The monoisotopic (exact) mass is 358 g/mol. The lowest BCUT2D eigenvalue weighted by Gasteiger charge is -2.08. The number of anilines is 1. The lowest BCUT2D eigenvalue weighted by atomic mass is 10.2. The zero-order chi connectivity index (χ0) is 18.6. The van der Waals surface area contributed by atoms with Crippen molar-refractivity contribution in [1.82, 2.24) is 4.98 Å². The molecule has 1 N–H and O–H groups in total. The van der Waals surface area contributed by atoms with Crippen molar-refractivity contribution in [2.45, 2.75) is 6.92 Å². The number of hydrogen-bond acceptors (Lipinski definition) is 4. The van der Waals surface area contributed by atoms with Crippen LogP contribution < -0.4 is 10.1 Å². The fourth-order valence-electron chi connectivity index (χ4n) is 2.78. The number of rotatable bonds is 5. The Bertz CT molecular complexity index is 1070. The summed E-state index contributed by atoms with van der Waals surface area (Å²) in [6.45, 7) is 1.92. The van der Waals surface area contributed by atoms with Gasteiger partial charge in [0.25, 0.3) is 5.91 Å².